The largest absolute Gasteiger partial charge is 0.356 e. The van der Waals surface area contributed by atoms with Crippen LogP contribution in [0.4, 0.5) is 4.39 Å². The minimum Gasteiger partial charge on any atom is -0.356 e. The molecule has 1 aliphatic rings. The number of likely N-dealkylation sites (tertiary alicyclic amines) is 1. The summed E-state index contributed by atoms with van der Waals surface area (Å²) in [6.45, 7) is 3.14. The Morgan fingerprint density at radius 3 is 3.04 bits per heavy atom. The van der Waals surface area contributed by atoms with Gasteiger partial charge in [-0.05, 0) is 31.4 Å². The van der Waals surface area contributed by atoms with Gasteiger partial charge in [-0.15, -0.1) is 0 Å². The number of nitrogens with one attached hydrogen (secondary N) is 1. The lowest BCUT2D eigenvalue weighted by atomic mass is 9.91. The van der Waals surface area contributed by atoms with Crippen LogP contribution in [0.3, 0.4) is 0 Å². The van der Waals surface area contributed by atoms with Gasteiger partial charge in [0, 0.05) is 25.1 Å². The van der Waals surface area contributed by atoms with Crippen molar-refractivity contribution in [1.82, 2.24) is 20.3 Å². The number of halogens is 1. The zero-order valence-corrected chi connectivity index (χ0v) is 15.1. The van der Waals surface area contributed by atoms with Gasteiger partial charge in [-0.2, -0.15) is 5.10 Å². The molecule has 1 fully saturated rings. The SMILES string of the molecule is Cc1cc(-c2cn[nH]c2[C@H]2CCCN(C(=O)Cc3ccccc3F)C2)on1. The minimum absolute atomic E-state index is 0.0543. The molecule has 6 nitrogen and oxygen atoms in total. The molecule has 3 heterocycles. The minimum atomic E-state index is -0.337. The summed E-state index contributed by atoms with van der Waals surface area (Å²) in [6.07, 6.45) is 3.65. The molecule has 1 atom stereocenters. The van der Waals surface area contributed by atoms with Crippen LogP contribution in [0.5, 0.6) is 0 Å². The number of aromatic nitrogens is 3. The second kappa shape index (κ2) is 7.34. The summed E-state index contributed by atoms with van der Waals surface area (Å²) >= 11 is 0. The van der Waals surface area contributed by atoms with Gasteiger partial charge in [0.2, 0.25) is 5.91 Å². The van der Waals surface area contributed by atoms with Crippen LogP contribution in [0.2, 0.25) is 0 Å². The van der Waals surface area contributed by atoms with Crippen molar-refractivity contribution in [3.63, 3.8) is 0 Å². The van der Waals surface area contributed by atoms with Crippen LogP contribution in [0, 0.1) is 12.7 Å². The molecule has 0 aliphatic carbocycles. The topological polar surface area (TPSA) is 75.0 Å². The van der Waals surface area contributed by atoms with E-state index in [2.05, 4.69) is 15.4 Å². The second-order valence-electron chi connectivity index (χ2n) is 6.98. The lowest BCUT2D eigenvalue weighted by Crippen LogP contribution is -2.40. The highest BCUT2D eigenvalue weighted by atomic mass is 19.1. The Morgan fingerprint density at radius 2 is 2.26 bits per heavy atom. The Morgan fingerprint density at radius 1 is 1.41 bits per heavy atom. The van der Waals surface area contributed by atoms with Crippen molar-refractivity contribution in [2.24, 2.45) is 0 Å². The van der Waals surface area contributed by atoms with Gasteiger partial charge in [0.25, 0.3) is 0 Å². The maximum absolute atomic E-state index is 13.9. The van der Waals surface area contributed by atoms with Gasteiger partial charge in [-0.25, -0.2) is 4.39 Å². The molecule has 1 aromatic carbocycles. The van der Waals surface area contributed by atoms with E-state index in [0.717, 1.165) is 29.8 Å². The Bertz CT molecular complexity index is 949. The number of nitrogens with zero attached hydrogens (tertiary/aromatic N) is 3. The maximum Gasteiger partial charge on any atom is 0.227 e. The molecule has 0 saturated carbocycles. The molecule has 4 rings (SSSR count). The zero-order chi connectivity index (χ0) is 18.8. The van der Waals surface area contributed by atoms with Crippen molar-refractivity contribution in [3.05, 3.63) is 59.3 Å². The van der Waals surface area contributed by atoms with Gasteiger partial charge in [-0.1, -0.05) is 23.4 Å². The highest BCUT2D eigenvalue weighted by molar-refractivity contribution is 5.79. The number of carbonyl (C=O) groups is 1. The summed E-state index contributed by atoms with van der Waals surface area (Å²) in [5.41, 5.74) is 3.07. The fraction of sp³-hybridized carbons (Fsp3) is 0.350. The van der Waals surface area contributed by atoms with Gasteiger partial charge < -0.3 is 9.42 Å². The van der Waals surface area contributed by atoms with Crippen LogP contribution in [-0.4, -0.2) is 39.3 Å². The fourth-order valence-corrected chi connectivity index (χ4v) is 3.65. The summed E-state index contributed by atoms with van der Waals surface area (Å²) < 4.78 is 19.2. The van der Waals surface area contributed by atoms with Gasteiger partial charge in [0.05, 0.1) is 29.6 Å². The van der Waals surface area contributed by atoms with Gasteiger partial charge >= 0.3 is 0 Å². The third-order valence-electron chi connectivity index (χ3n) is 5.04. The first-order valence-electron chi connectivity index (χ1n) is 9.10. The summed E-state index contributed by atoms with van der Waals surface area (Å²) in [6, 6.07) is 8.30. The van der Waals surface area contributed by atoms with Crippen LogP contribution in [-0.2, 0) is 11.2 Å². The molecule has 0 radical (unpaired) electrons. The van der Waals surface area contributed by atoms with E-state index >= 15 is 0 Å². The standard InChI is InChI=1S/C20H21FN4O2/c1-13-9-18(27-24-13)16-11-22-23-20(16)15-6-4-8-25(12-15)19(26)10-14-5-2-3-7-17(14)21/h2-3,5,7,9,11,15H,4,6,8,10,12H2,1H3,(H,22,23)/t15-/m0/s1. The van der Waals surface area contributed by atoms with Crippen LogP contribution in [0.1, 0.15) is 35.7 Å². The van der Waals surface area contributed by atoms with Crippen molar-refractivity contribution >= 4 is 5.91 Å². The zero-order valence-electron chi connectivity index (χ0n) is 15.1. The number of aryl methyl sites for hydroxylation is 1. The molecule has 1 aliphatic heterocycles. The van der Waals surface area contributed by atoms with E-state index in [4.69, 9.17) is 4.52 Å². The highest BCUT2D eigenvalue weighted by Crippen LogP contribution is 2.33. The number of benzene rings is 1. The molecule has 1 saturated heterocycles. The summed E-state index contributed by atoms with van der Waals surface area (Å²) in [5, 5.41) is 11.2. The Balaban J connectivity index is 1.50. The van der Waals surface area contributed by atoms with Crippen molar-refractivity contribution in [3.8, 4) is 11.3 Å². The second-order valence-corrected chi connectivity index (χ2v) is 6.98. The molecule has 0 spiro atoms. The average molecular weight is 368 g/mol. The number of rotatable bonds is 4. The highest BCUT2D eigenvalue weighted by Gasteiger charge is 2.28. The molecule has 140 valence electrons. The van der Waals surface area contributed by atoms with E-state index in [1.165, 1.54) is 6.07 Å². The predicted molar refractivity (Wildman–Crippen MR) is 97.5 cm³/mol. The Labute approximate surface area is 156 Å². The number of hydrogen-bond acceptors (Lipinski definition) is 4. The smallest absolute Gasteiger partial charge is 0.227 e. The molecule has 2 aromatic heterocycles. The monoisotopic (exact) mass is 368 g/mol. The fourth-order valence-electron chi connectivity index (χ4n) is 3.65. The lowest BCUT2D eigenvalue weighted by Gasteiger charge is -2.32. The number of amides is 1. The third-order valence-corrected chi connectivity index (χ3v) is 5.04. The molecular weight excluding hydrogens is 347 g/mol. The van der Waals surface area contributed by atoms with Crippen LogP contribution >= 0.6 is 0 Å². The molecule has 0 unspecified atom stereocenters. The van der Waals surface area contributed by atoms with Gasteiger partial charge in [0.1, 0.15) is 5.82 Å². The van der Waals surface area contributed by atoms with Crippen molar-refractivity contribution in [2.75, 3.05) is 13.1 Å². The quantitative estimate of drug-likeness (QED) is 0.765. The van der Waals surface area contributed by atoms with Crippen molar-refractivity contribution < 1.29 is 13.7 Å². The predicted octanol–water partition coefficient (Wildman–Crippen LogP) is 3.46. The normalized spacial score (nSPS) is 17.3. The number of H-pyrrole nitrogens is 1. The summed E-state index contributed by atoms with van der Waals surface area (Å²) in [5.74, 6) is 0.412. The van der Waals surface area contributed by atoms with E-state index in [1.807, 2.05) is 17.9 Å². The first kappa shape index (κ1) is 17.5. The van der Waals surface area contributed by atoms with E-state index in [0.29, 0.717) is 24.4 Å². The molecule has 0 bridgehead atoms. The Kier molecular flexibility index (Phi) is 4.75. The maximum atomic E-state index is 13.9. The molecule has 1 amide bonds. The summed E-state index contributed by atoms with van der Waals surface area (Å²) in [4.78, 5) is 14.5. The Hall–Kier alpha value is -2.96. The van der Waals surface area contributed by atoms with E-state index in [9.17, 15) is 9.18 Å². The molecule has 3 aromatic rings. The number of carbonyl (C=O) groups excluding carboxylic acids is 1. The number of aromatic amines is 1. The third kappa shape index (κ3) is 3.63. The van der Waals surface area contributed by atoms with Crippen LogP contribution in [0.15, 0.2) is 41.1 Å². The first-order chi connectivity index (χ1) is 13.1. The average Bonchev–Trinajstić information content (AvgIpc) is 3.32. The first-order valence-corrected chi connectivity index (χ1v) is 9.10. The molecule has 27 heavy (non-hydrogen) atoms. The molecular formula is C20H21FN4O2. The van der Waals surface area contributed by atoms with Crippen molar-refractivity contribution in [1.29, 1.82) is 0 Å². The molecule has 1 N–H and O–H groups in total. The lowest BCUT2D eigenvalue weighted by molar-refractivity contribution is -0.131. The van der Waals surface area contributed by atoms with Gasteiger partial charge in [0.15, 0.2) is 5.76 Å². The molecule has 7 heteroatoms. The summed E-state index contributed by atoms with van der Waals surface area (Å²) in [7, 11) is 0. The van der Waals surface area contributed by atoms with E-state index < -0.39 is 0 Å². The van der Waals surface area contributed by atoms with E-state index in [-0.39, 0.29) is 24.1 Å². The number of piperidine rings is 1. The van der Waals surface area contributed by atoms with Gasteiger partial charge in [-0.3, -0.25) is 9.89 Å². The van der Waals surface area contributed by atoms with Crippen LogP contribution in [0.25, 0.3) is 11.3 Å². The number of hydrogen-bond donors (Lipinski definition) is 1. The van der Waals surface area contributed by atoms with Crippen molar-refractivity contribution in [2.45, 2.75) is 32.1 Å². The van der Waals surface area contributed by atoms with E-state index in [1.54, 1.807) is 24.4 Å². The van der Waals surface area contributed by atoms with Crippen LogP contribution < -0.4 is 0 Å².